The van der Waals surface area contributed by atoms with E-state index in [0.29, 0.717) is 16.6 Å². The summed E-state index contributed by atoms with van der Waals surface area (Å²) in [5.41, 5.74) is 2.08. The first-order chi connectivity index (χ1) is 13.3. The Morgan fingerprint density at radius 1 is 1.00 bits per heavy atom. The molecule has 0 aliphatic carbocycles. The Balaban J connectivity index is 1.62. The summed E-state index contributed by atoms with van der Waals surface area (Å²) < 4.78 is 0. The molecule has 1 aliphatic rings. The van der Waals surface area contributed by atoms with Gasteiger partial charge in [0.15, 0.2) is 0 Å². The molecule has 0 radical (unpaired) electrons. The zero-order valence-electron chi connectivity index (χ0n) is 15.9. The minimum Gasteiger partial charge on any atom is -0.334 e. The minimum atomic E-state index is 0.0107. The number of nitrogens with zero attached hydrogens (tertiary/aromatic N) is 2. The van der Waals surface area contributed by atoms with Crippen molar-refractivity contribution >= 4 is 46.8 Å². The molecule has 3 nitrogen and oxygen atoms in total. The number of amides is 1. The molecule has 2 aromatic rings. The molecule has 2 atom stereocenters. The summed E-state index contributed by atoms with van der Waals surface area (Å²) in [6.45, 7) is 6.62. The molecule has 0 aromatic heterocycles. The Morgan fingerprint density at radius 3 is 2.39 bits per heavy atom. The molecule has 0 bridgehead atoms. The van der Waals surface area contributed by atoms with E-state index in [1.165, 1.54) is 5.56 Å². The zero-order valence-corrected chi connectivity index (χ0v) is 18.2. The number of rotatable bonds is 4. The molecular weight excluding hydrogens is 415 g/mol. The number of benzene rings is 2. The molecule has 148 valence electrons. The lowest BCUT2D eigenvalue weighted by atomic mass is 10.1. The van der Waals surface area contributed by atoms with E-state index in [0.717, 1.165) is 23.7 Å². The Morgan fingerprint density at radius 2 is 1.71 bits per heavy atom. The number of halogens is 3. The van der Waals surface area contributed by atoms with Crippen LogP contribution in [0.5, 0.6) is 0 Å². The first kappa shape index (κ1) is 21.2. The molecule has 6 heteroatoms. The molecule has 1 fully saturated rings. The Bertz CT molecular complexity index is 867. The standard InChI is InChI=1S/C22H23Cl3N2O/c1-15-13-27(22(28)10-6-17-5-9-20(24)21(25)11-17)16(2)12-26(15)14-18-3-7-19(23)8-4-18/h3-11,15-16H,12-14H2,1-2H3/b10-6+/t15-,16+/m0/s1. The summed E-state index contributed by atoms with van der Waals surface area (Å²) in [6, 6.07) is 13.7. The van der Waals surface area contributed by atoms with Gasteiger partial charge in [-0.05, 0) is 55.3 Å². The SMILES string of the molecule is C[C@@H]1CN(Cc2ccc(Cl)cc2)[C@@H](C)CN1C(=O)/C=C/c1ccc(Cl)c(Cl)c1. The molecule has 0 N–H and O–H groups in total. The van der Waals surface area contributed by atoms with Gasteiger partial charge < -0.3 is 4.90 Å². The molecule has 1 heterocycles. The summed E-state index contributed by atoms with van der Waals surface area (Å²) in [5, 5.41) is 1.73. The molecular formula is C22H23Cl3N2O. The zero-order chi connectivity index (χ0) is 20.3. The fraction of sp³-hybridized carbons (Fsp3) is 0.318. The Kier molecular flexibility index (Phi) is 7.05. The third-order valence-electron chi connectivity index (χ3n) is 5.06. The van der Waals surface area contributed by atoms with Crippen molar-refractivity contribution in [3.8, 4) is 0 Å². The van der Waals surface area contributed by atoms with Crippen LogP contribution in [0, 0.1) is 0 Å². The van der Waals surface area contributed by atoms with E-state index >= 15 is 0 Å². The average Bonchev–Trinajstić information content (AvgIpc) is 2.67. The highest BCUT2D eigenvalue weighted by atomic mass is 35.5. The van der Waals surface area contributed by atoms with Crippen LogP contribution in [0.1, 0.15) is 25.0 Å². The quantitative estimate of drug-likeness (QED) is 0.566. The van der Waals surface area contributed by atoms with Crippen LogP contribution in [0.15, 0.2) is 48.5 Å². The van der Waals surface area contributed by atoms with Crippen LogP contribution in [0.25, 0.3) is 6.08 Å². The molecule has 0 unspecified atom stereocenters. The molecule has 1 amide bonds. The molecule has 0 spiro atoms. The van der Waals surface area contributed by atoms with E-state index in [-0.39, 0.29) is 18.0 Å². The molecule has 28 heavy (non-hydrogen) atoms. The number of carbonyl (C=O) groups is 1. The van der Waals surface area contributed by atoms with E-state index in [9.17, 15) is 4.79 Å². The van der Waals surface area contributed by atoms with Crippen molar-refractivity contribution < 1.29 is 4.79 Å². The van der Waals surface area contributed by atoms with Gasteiger partial charge in [0.05, 0.1) is 10.0 Å². The van der Waals surface area contributed by atoms with Gasteiger partial charge >= 0.3 is 0 Å². The molecule has 3 rings (SSSR count). The first-order valence-corrected chi connectivity index (χ1v) is 10.4. The summed E-state index contributed by atoms with van der Waals surface area (Å²) in [6.07, 6.45) is 3.39. The number of hydrogen-bond donors (Lipinski definition) is 0. The van der Waals surface area contributed by atoms with Crippen molar-refractivity contribution in [1.82, 2.24) is 9.80 Å². The van der Waals surface area contributed by atoms with Gasteiger partial charge in [-0.2, -0.15) is 0 Å². The van der Waals surface area contributed by atoms with Gasteiger partial charge in [-0.3, -0.25) is 9.69 Å². The Hall–Kier alpha value is -1.52. The van der Waals surface area contributed by atoms with Gasteiger partial charge in [0.2, 0.25) is 5.91 Å². The fourth-order valence-electron chi connectivity index (χ4n) is 3.43. The Labute approximate surface area is 181 Å². The van der Waals surface area contributed by atoms with Crippen LogP contribution < -0.4 is 0 Å². The lowest BCUT2D eigenvalue weighted by Gasteiger charge is -2.44. The van der Waals surface area contributed by atoms with E-state index in [1.807, 2.05) is 23.1 Å². The van der Waals surface area contributed by atoms with E-state index < -0.39 is 0 Å². The van der Waals surface area contributed by atoms with Crippen molar-refractivity contribution in [3.63, 3.8) is 0 Å². The predicted octanol–water partition coefficient (Wildman–Crippen LogP) is 5.78. The second-order valence-corrected chi connectivity index (χ2v) is 8.50. The lowest BCUT2D eigenvalue weighted by Crippen LogP contribution is -2.57. The van der Waals surface area contributed by atoms with Crippen LogP contribution in [0.2, 0.25) is 15.1 Å². The second-order valence-electron chi connectivity index (χ2n) is 7.25. The maximum absolute atomic E-state index is 12.7. The van der Waals surface area contributed by atoms with E-state index in [2.05, 4.69) is 30.9 Å². The molecule has 2 aromatic carbocycles. The van der Waals surface area contributed by atoms with Crippen molar-refractivity contribution in [2.75, 3.05) is 13.1 Å². The summed E-state index contributed by atoms with van der Waals surface area (Å²) in [4.78, 5) is 17.1. The highest BCUT2D eigenvalue weighted by Crippen LogP contribution is 2.24. The van der Waals surface area contributed by atoms with Gasteiger partial charge in [-0.1, -0.05) is 53.0 Å². The number of hydrogen-bond acceptors (Lipinski definition) is 2. The minimum absolute atomic E-state index is 0.0107. The van der Waals surface area contributed by atoms with Gasteiger partial charge in [-0.15, -0.1) is 0 Å². The van der Waals surface area contributed by atoms with Crippen LogP contribution >= 0.6 is 34.8 Å². The summed E-state index contributed by atoms with van der Waals surface area (Å²) >= 11 is 17.9. The second kappa shape index (κ2) is 9.32. The third kappa shape index (κ3) is 5.30. The maximum Gasteiger partial charge on any atom is 0.246 e. The normalized spacial score (nSPS) is 20.7. The van der Waals surface area contributed by atoms with Crippen LogP contribution in [0.4, 0.5) is 0 Å². The number of piperazine rings is 1. The van der Waals surface area contributed by atoms with E-state index in [1.54, 1.807) is 24.3 Å². The lowest BCUT2D eigenvalue weighted by molar-refractivity contribution is -0.131. The third-order valence-corrected chi connectivity index (χ3v) is 6.05. The monoisotopic (exact) mass is 436 g/mol. The molecule has 0 saturated carbocycles. The van der Waals surface area contributed by atoms with Crippen molar-refractivity contribution in [3.05, 3.63) is 74.7 Å². The molecule has 1 saturated heterocycles. The van der Waals surface area contributed by atoms with Gasteiger partial charge in [0.25, 0.3) is 0 Å². The smallest absolute Gasteiger partial charge is 0.246 e. The van der Waals surface area contributed by atoms with E-state index in [4.69, 9.17) is 34.8 Å². The predicted molar refractivity (Wildman–Crippen MR) is 118 cm³/mol. The topological polar surface area (TPSA) is 23.6 Å². The molecule has 1 aliphatic heterocycles. The highest BCUT2D eigenvalue weighted by Gasteiger charge is 2.30. The summed E-state index contributed by atoms with van der Waals surface area (Å²) in [7, 11) is 0. The van der Waals surface area contributed by atoms with Crippen LogP contribution in [0.3, 0.4) is 0 Å². The van der Waals surface area contributed by atoms with Crippen molar-refractivity contribution in [1.29, 1.82) is 0 Å². The largest absolute Gasteiger partial charge is 0.334 e. The van der Waals surface area contributed by atoms with Gasteiger partial charge in [0, 0.05) is 42.8 Å². The average molecular weight is 438 g/mol. The fourth-order valence-corrected chi connectivity index (χ4v) is 3.86. The van der Waals surface area contributed by atoms with Crippen molar-refractivity contribution in [2.45, 2.75) is 32.5 Å². The first-order valence-electron chi connectivity index (χ1n) is 9.25. The van der Waals surface area contributed by atoms with Crippen molar-refractivity contribution in [2.24, 2.45) is 0 Å². The highest BCUT2D eigenvalue weighted by molar-refractivity contribution is 6.42. The van der Waals surface area contributed by atoms with Gasteiger partial charge in [0.1, 0.15) is 0 Å². The maximum atomic E-state index is 12.7. The summed E-state index contributed by atoms with van der Waals surface area (Å²) in [5.74, 6) is 0.0107. The van der Waals surface area contributed by atoms with Crippen LogP contribution in [-0.2, 0) is 11.3 Å². The van der Waals surface area contributed by atoms with Crippen LogP contribution in [-0.4, -0.2) is 40.9 Å². The van der Waals surface area contributed by atoms with Gasteiger partial charge in [-0.25, -0.2) is 0 Å². The number of carbonyl (C=O) groups excluding carboxylic acids is 1.